The molecular weight excluding hydrogens is 190 g/mol. The van der Waals surface area contributed by atoms with Crippen molar-refractivity contribution in [1.29, 1.82) is 0 Å². The zero-order chi connectivity index (χ0) is 10.9. The fourth-order valence-electron chi connectivity index (χ4n) is 2.75. The minimum absolute atomic E-state index is 0.169. The maximum atomic E-state index is 11.7. The summed E-state index contributed by atoms with van der Waals surface area (Å²) in [6.07, 6.45) is 2.22. The Kier molecular flexibility index (Phi) is 2.98. The van der Waals surface area contributed by atoms with Crippen molar-refractivity contribution < 1.29 is 4.79 Å². The summed E-state index contributed by atoms with van der Waals surface area (Å²) >= 11 is 0. The minimum Gasteiger partial charge on any atom is -0.359 e. The molecule has 0 aromatic rings. The Bertz CT molecular complexity index is 250. The molecule has 0 bridgehead atoms. The van der Waals surface area contributed by atoms with Crippen LogP contribution in [-0.4, -0.2) is 50.1 Å². The molecule has 0 saturated carbocycles. The topological polar surface area (TPSA) is 44.4 Å². The Labute approximate surface area is 91.4 Å². The molecule has 86 valence electrons. The maximum Gasteiger partial charge on any atom is 0.227 e. The van der Waals surface area contributed by atoms with E-state index >= 15 is 0 Å². The van der Waals surface area contributed by atoms with Crippen LogP contribution in [0, 0.1) is 5.41 Å². The van der Waals surface area contributed by atoms with Gasteiger partial charge >= 0.3 is 0 Å². The molecule has 0 radical (unpaired) electrons. The SMILES string of the molecule is CNC(=O)C1(C)CCN(C2CCNC2)C1. The molecule has 1 amide bonds. The second-order valence-electron chi connectivity index (χ2n) is 5.01. The van der Waals surface area contributed by atoms with Crippen LogP contribution in [0.3, 0.4) is 0 Å². The Morgan fingerprint density at radius 3 is 3.00 bits per heavy atom. The van der Waals surface area contributed by atoms with Crippen molar-refractivity contribution in [2.24, 2.45) is 5.41 Å². The Morgan fingerprint density at radius 2 is 2.40 bits per heavy atom. The van der Waals surface area contributed by atoms with E-state index in [0.717, 1.165) is 32.6 Å². The van der Waals surface area contributed by atoms with E-state index < -0.39 is 0 Å². The number of rotatable bonds is 2. The predicted octanol–water partition coefficient (Wildman–Crippen LogP) is -0.194. The standard InChI is InChI=1S/C11H21N3O/c1-11(10(15)12-2)4-6-14(8-11)9-3-5-13-7-9/h9,13H,3-8H2,1-2H3,(H,12,15). The molecular formula is C11H21N3O. The summed E-state index contributed by atoms with van der Waals surface area (Å²) in [5, 5.41) is 6.15. The Hall–Kier alpha value is -0.610. The summed E-state index contributed by atoms with van der Waals surface area (Å²) < 4.78 is 0. The molecule has 2 rings (SSSR count). The van der Waals surface area contributed by atoms with E-state index in [-0.39, 0.29) is 11.3 Å². The number of hydrogen-bond donors (Lipinski definition) is 2. The lowest BCUT2D eigenvalue weighted by Gasteiger charge is -2.26. The van der Waals surface area contributed by atoms with Gasteiger partial charge in [-0.25, -0.2) is 0 Å². The third-order valence-electron chi connectivity index (χ3n) is 3.83. The lowest BCUT2D eigenvalue weighted by atomic mass is 9.89. The fourth-order valence-corrected chi connectivity index (χ4v) is 2.75. The normalized spacial score (nSPS) is 37.1. The van der Waals surface area contributed by atoms with Gasteiger partial charge in [-0.2, -0.15) is 0 Å². The highest BCUT2D eigenvalue weighted by Crippen LogP contribution is 2.32. The number of amides is 1. The van der Waals surface area contributed by atoms with E-state index in [1.807, 2.05) is 0 Å². The molecule has 4 heteroatoms. The van der Waals surface area contributed by atoms with Crippen molar-refractivity contribution in [2.75, 3.05) is 33.2 Å². The second-order valence-corrected chi connectivity index (χ2v) is 5.01. The van der Waals surface area contributed by atoms with Crippen molar-refractivity contribution in [3.63, 3.8) is 0 Å². The average molecular weight is 211 g/mol. The number of carbonyl (C=O) groups excluding carboxylic acids is 1. The Morgan fingerprint density at radius 1 is 1.60 bits per heavy atom. The van der Waals surface area contributed by atoms with E-state index in [2.05, 4.69) is 22.5 Å². The summed E-state index contributed by atoms with van der Waals surface area (Å²) in [5.41, 5.74) is -0.169. The van der Waals surface area contributed by atoms with Crippen molar-refractivity contribution in [3.05, 3.63) is 0 Å². The number of nitrogens with zero attached hydrogens (tertiary/aromatic N) is 1. The van der Waals surface area contributed by atoms with Crippen LogP contribution in [0.15, 0.2) is 0 Å². The van der Waals surface area contributed by atoms with E-state index in [0.29, 0.717) is 6.04 Å². The summed E-state index contributed by atoms with van der Waals surface area (Å²) in [4.78, 5) is 14.2. The first-order chi connectivity index (χ1) is 7.15. The van der Waals surface area contributed by atoms with Crippen molar-refractivity contribution in [2.45, 2.75) is 25.8 Å². The van der Waals surface area contributed by atoms with Gasteiger partial charge in [0.25, 0.3) is 0 Å². The van der Waals surface area contributed by atoms with Gasteiger partial charge in [0.1, 0.15) is 0 Å². The molecule has 2 heterocycles. The monoisotopic (exact) mass is 211 g/mol. The minimum atomic E-state index is -0.169. The molecule has 0 aliphatic carbocycles. The average Bonchev–Trinajstić information content (AvgIpc) is 2.85. The van der Waals surface area contributed by atoms with Gasteiger partial charge in [0.15, 0.2) is 0 Å². The quantitative estimate of drug-likeness (QED) is 0.665. The number of likely N-dealkylation sites (tertiary alicyclic amines) is 1. The summed E-state index contributed by atoms with van der Waals surface area (Å²) in [7, 11) is 1.73. The van der Waals surface area contributed by atoms with Gasteiger partial charge in [0.2, 0.25) is 5.91 Å². The molecule has 2 N–H and O–H groups in total. The molecule has 2 unspecified atom stereocenters. The molecule has 2 aliphatic heterocycles. The third kappa shape index (κ3) is 2.01. The molecule has 15 heavy (non-hydrogen) atoms. The summed E-state index contributed by atoms with van der Waals surface area (Å²) in [5.74, 6) is 0.191. The van der Waals surface area contributed by atoms with Gasteiger partial charge in [-0.15, -0.1) is 0 Å². The molecule has 0 aromatic heterocycles. The molecule has 4 nitrogen and oxygen atoms in total. The first-order valence-corrected chi connectivity index (χ1v) is 5.83. The second kappa shape index (κ2) is 4.10. The van der Waals surface area contributed by atoms with Crippen molar-refractivity contribution in [3.8, 4) is 0 Å². The molecule has 2 atom stereocenters. The smallest absolute Gasteiger partial charge is 0.227 e. The molecule has 0 aromatic carbocycles. The zero-order valence-electron chi connectivity index (χ0n) is 9.68. The lowest BCUT2D eigenvalue weighted by molar-refractivity contribution is -0.129. The van der Waals surface area contributed by atoms with Crippen LogP contribution in [0.2, 0.25) is 0 Å². The van der Waals surface area contributed by atoms with Crippen LogP contribution in [0.4, 0.5) is 0 Å². The van der Waals surface area contributed by atoms with Crippen LogP contribution in [-0.2, 0) is 4.79 Å². The first kappa shape index (κ1) is 10.9. The van der Waals surface area contributed by atoms with Crippen LogP contribution in [0.25, 0.3) is 0 Å². The van der Waals surface area contributed by atoms with Gasteiger partial charge in [0.05, 0.1) is 5.41 Å². The maximum absolute atomic E-state index is 11.7. The van der Waals surface area contributed by atoms with Crippen LogP contribution < -0.4 is 10.6 Å². The van der Waals surface area contributed by atoms with E-state index in [9.17, 15) is 4.79 Å². The van der Waals surface area contributed by atoms with Gasteiger partial charge in [-0.05, 0) is 32.9 Å². The van der Waals surface area contributed by atoms with E-state index in [1.165, 1.54) is 6.42 Å². The number of nitrogens with one attached hydrogen (secondary N) is 2. The highest BCUT2D eigenvalue weighted by Gasteiger charge is 2.42. The highest BCUT2D eigenvalue weighted by atomic mass is 16.2. The zero-order valence-corrected chi connectivity index (χ0v) is 9.68. The molecule has 0 spiro atoms. The Balaban J connectivity index is 1.96. The van der Waals surface area contributed by atoms with Crippen LogP contribution >= 0.6 is 0 Å². The third-order valence-corrected chi connectivity index (χ3v) is 3.83. The fraction of sp³-hybridized carbons (Fsp3) is 0.909. The van der Waals surface area contributed by atoms with Gasteiger partial charge in [0, 0.05) is 26.2 Å². The van der Waals surface area contributed by atoms with Crippen LogP contribution in [0.1, 0.15) is 19.8 Å². The molecule has 2 aliphatic rings. The van der Waals surface area contributed by atoms with E-state index in [1.54, 1.807) is 7.05 Å². The number of carbonyl (C=O) groups is 1. The predicted molar refractivity (Wildman–Crippen MR) is 59.6 cm³/mol. The molecule has 2 fully saturated rings. The summed E-state index contributed by atoms with van der Waals surface area (Å²) in [6, 6.07) is 0.650. The largest absolute Gasteiger partial charge is 0.359 e. The van der Waals surface area contributed by atoms with Gasteiger partial charge < -0.3 is 10.6 Å². The number of hydrogen-bond acceptors (Lipinski definition) is 3. The van der Waals surface area contributed by atoms with Gasteiger partial charge in [-0.3, -0.25) is 9.69 Å². The van der Waals surface area contributed by atoms with Crippen LogP contribution in [0.5, 0.6) is 0 Å². The van der Waals surface area contributed by atoms with Gasteiger partial charge in [-0.1, -0.05) is 0 Å². The first-order valence-electron chi connectivity index (χ1n) is 5.83. The lowest BCUT2D eigenvalue weighted by Crippen LogP contribution is -2.42. The van der Waals surface area contributed by atoms with Crippen molar-refractivity contribution in [1.82, 2.24) is 15.5 Å². The van der Waals surface area contributed by atoms with E-state index in [4.69, 9.17) is 0 Å². The summed E-state index contributed by atoms with van der Waals surface area (Å²) in [6.45, 7) is 6.27. The van der Waals surface area contributed by atoms with Crippen molar-refractivity contribution >= 4 is 5.91 Å². The molecule has 2 saturated heterocycles. The highest BCUT2D eigenvalue weighted by molar-refractivity contribution is 5.82.